The van der Waals surface area contributed by atoms with Crippen molar-refractivity contribution in [3.63, 3.8) is 0 Å². The van der Waals surface area contributed by atoms with Gasteiger partial charge < -0.3 is 39.5 Å². The number of H-pyrrole nitrogens is 2. The predicted octanol–water partition coefficient (Wildman–Crippen LogP) is 19.4. The van der Waals surface area contributed by atoms with Crippen LogP contribution in [0.5, 0.6) is 11.5 Å². The van der Waals surface area contributed by atoms with Crippen LogP contribution in [0.15, 0.2) is 65.6 Å². The summed E-state index contributed by atoms with van der Waals surface area (Å²) in [5, 5.41) is 6.89. The first-order valence-corrected chi connectivity index (χ1v) is 34.9. The van der Waals surface area contributed by atoms with Crippen LogP contribution in [-0.4, -0.2) is 70.4 Å². The van der Waals surface area contributed by atoms with Gasteiger partial charge in [-0.1, -0.05) is 98.4 Å². The Morgan fingerprint density at radius 3 is 1.36 bits per heavy atom. The molecule has 6 aliphatic heterocycles. The van der Waals surface area contributed by atoms with Gasteiger partial charge in [0.2, 0.25) is 0 Å². The van der Waals surface area contributed by atoms with E-state index in [1.807, 2.05) is 24.3 Å². The van der Waals surface area contributed by atoms with Crippen LogP contribution in [0.1, 0.15) is 227 Å². The van der Waals surface area contributed by atoms with Crippen molar-refractivity contribution in [3.05, 3.63) is 122 Å². The van der Waals surface area contributed by atoms with E-state index in [-0.39, 0.29) is 17.2 Å². The van der Waals surface area contributed by atoms with Crippen LogP contribution in [0.4, 0.5) is 11.4 Å². The van der Waals surface area contributed by atoms with Crippen molar-refractivity contribution in [1.29, 1.82) is 0 Å². The molecule has 6 aromatic rings. The van der Waals surface area contributed by atoms with Gasteiger partial charge in [0.15, 0.2) is 0 Å². The first-order chi connectivity index (χ1) is 44.0. The number of hydrogen-bond donors (Lipinski definition) is 5. The lowest BCUT2D eigenvalue weighted by atomic mass is 9.84. The topological polar surface area (TPSA) is 152 Å². The minimum Gasteiger partial charge on any atom is -0.493 e. The number of thiol groups is 1. The lowest BCUT2D eigenvalue weighted by molar-refractivity contribution is -0.125. The van der Waals surface area contributed by atoms with Crippen LogP contribution in [0.2, 0.25) is 0 Å². The maximum atomic E-state index is 14.6. The van der Waals surface area contributed by atoms with Crippen molar-refractivity contribution in [3.8, 4) is 33.8 Å². The summed E-state index contributed by atoms with van der Waals surface area (Å²) < 4.78 is 26.6. The molecule has 12 bridgehead atoms. The van der Waals surface area contributed by atoms with Gasteiger partial charge in [0, 0.05) is 40.3 Å². The predicted molar refractivity (Wildman–Crippen MR) is 378 cm³/mol. The molecule has 6 aliphatic rings. The zero-order valence-corrected chi connectivity index (χ0v) is 57.1. The Kier molecular flexibility index (Phi) is 20.8. The van der Waals surface area contributed by atoms with E-state index in [4.69, 9.17) is 41.5 Å². The Hall–Kier alpha value is -6.93. The average Bonchev–Trinajstić information content (AvgIpc) is 1.62. The van der Waals surface area contributed by atoms with E-state index in [9.17, 15) is 9.59 Å². The molecule has 2 unspecified atom stereocenters. The Morgan fingerprint density at radius 2 is 0.978 bits per heavy atom. The number of aromatic amines is 2. The van der Waals surface area contributed by atoms with Crippen LogP contribution in [-0.2, 0) is 50.2 Å². The molecule has 4 N–H and O–H groups in total. The first-order valence-electron chi connectivity index (χ1n) is 34.5. The first kappa shape index (κ1) is 65.6. The van der Waals surface area contributed by atoms with E-state index in [1.54, 1.807) is 0 Å². The van der Waals surface area contributed by atoms with E-state index >= 15 is 0 Å². The zero-order valence-electron chi connectivity index (χ0n) is 56.2. The number of anilines is 2. The molecule has 9 heterocycles. The lowest BCUT2D eigenvalue weighted by Crippen LogP contribution is -2.27. The smallest absolute Gasteiger partial charge is 0.253 e. The number of allylic oxidation sites excluding steroid dienone is 4. The molecule has 91 heavy (non-hydrogen) atoms. The number of benzene rings is 3. The molecule has 3 aromatic heterocycles. The molecule has 12 nitrogen and oxygen atoms in total. The fraction of sp³-hybridized carbons (Fsp3) is 0.487. The van der Waals surface area contributed by atoms with Crippen molar-refractivity contribution in [1.82, 2.24) is 19.9 Å². The van der Waals surface area contributed by atoms with Gasteiger partial charge in [-0.2, -0.15) is 0 Å². The summed E-state index contributed by atoms with van der Waals surface area (Å²) in [5.41, 5.74) is 24.6. The molecule has 0 aliphatic carbocycles. The van der Waals surface area contributed by atoms with Crippen LogP contribution >= 0.6 is 12.6 Å². The molecule has 2 fully saturated rings. The van der Waals surface area contributed by atoms with Crippen molar-refractivity contribution in [2.75, 3.05) is 37.1 Å². The molecule has 13 heteroatoms. The monoisotopic (exact) mass is 1250 g/mol. The van der Waals surface area contributed by atoms with Crippen molar-refractivity contribution < 1.29 is 28.5 Å². The normalized spacial score (nSPS) is 17.1. The summed E-state index contributed by atoms with van der Waals surface area (Å²) in [4.78, 5) is 50.5. The maximum Gasteiger partial charge on any atom is 0.253 e. The third-order valence-electron chi connectivity index (χ3n) is 19.5. The standard InChI is InChI=1S/C78H98N6O6S/c1-12-16-28-53-46(5)71-69-67-57(83-76(85)65-36-24-40-89-65)32-20-34-63(67)87-38-22-26-50-42-52(78(9,10)11)43-51(75(50)91)27-23-39-88-64-35-21-33-58(84-77(86)66-37-25-41-90-66)68(64)70(73-47(6)54(29-17-13-2)60(80-73)44-59(53)79-71)74-49(8)56(31-19-15-4)62(82-74)45-61-55(30-18-14-3)48(7)72(69)81-61/h20-21,32-35,42-45,65-66,79,82,91H,12-19,22-31,36-41H2,1-11H3,(H,83,85)(H,84,86). The summed E-state index contributed by atoms with van der Waals surface area (Å²) in [7, 11) is 0. The zero-order chi connectivity index (χ0) is 64.1. The van der Waals surface area contributed by atoms with E-state index in [0.717, 1.165) is 197 Å². The largest absolute Gasteiger partial charge is 0.493 e. The highest BCUT2D eigenvalue weighted by Gasteiger charge is 2.33. The van der Waals surface area contributed by atoms with Gasteiger partial charge in [-0.15, -0.1) is 12.6 Å². The molecule has 0 saturated carbocycles. The van der Waals surface area contributed by atoms with Crippen LogP contribution in [0, 0.1) is 13.8 Å². The number of carbonyl (C=O) groups is 2. The molecule has 2 atom stereocenters. The van der Waals surface area contributed by atoms with E-state index in [0.29, 0.717) is 75.0 Å². The Bertz CT molecular complexity index is 3710. The van der Waals surface area contributed by atoms with Gasteiger partial charge in [-0.25, -0.2) is 9.97 Å². The van der Waals surface area contributed by atoms with Crippen LogP contribution in [0.3, 0.4) is 0 Å². The van der Waals surface area contributed by atoms with Crippen LogP contribution < -0.4 is 20.1 Å². The Morgan fingerprint density at radius 1 is 0.560 bits per heavy atom. The molecule has 2 saturated heterocycles. The van der Waals surface area contributed by atoms with E-state index in [1.165, 1.54) is 39.0 Å². The van der Waals surface area contributed by atoms with E-state index in [2.05, 4.69) is 133 Å². The summed E-state index contributed by atoms with van der Waals surface area (Å²) in [5.74, 6) is 0.995. The van der Waals surface area contributed by atoms with Gasteiger partial charge in [-0.3, -0.25) is 9.59 Å². The minimum atomic E-state index is -0.564. The average molecular weight is 1250 g/mol. The van der Waals surface area contributed by atoms with Crippen LogP contribution in [0.25, 0.3) is 66.6 Å². The highest BCUT2D eigenvalue weighted by molar-refractivity contribution is 7.80. The highest BCUT2D eigenvalue weighted by Crippen LogP contribution is 2.50. The summed E-state index contributed by atoms with van der Waals surface area (Å²) in [6, 6.07) is 21.5. The van der Waals surface area contributed by atoms with Gasteiger partial charge in [0.25, 0.3) is 11.8 Å². The molecule has 482 valence electrons. The number of fused-ring (bicyclic) bond motifs is 6. The SMILES string of the molecule is CCCCC1=C(C)c2nc1cc1[nH]c(c(C)c1CCCC)c1c3nc(cc4[nH]c(c(C)c4CCCC)c2-c2c(NC(=O)C4CCCO4)cccc2OCCCc2cc(C(C)(C)C)cc(c2S)CCCOc2cccc(NC(=O)C4CCCO4)c2-1)C(CCCC)=C3C. The van der Waals surface area contributed by atoms with Gasteiger partial charge in [-0.05, 0) is 233 Å². The second-order valence-electron chi connectivity index (χ2n) is 27.0. The molecular weight excluding hydrogens is 1150 g/mol. The maximum absolute atomic E-state index is 14.6. The number of nitrogens with one attached hydrogen (secondary N) is 4. The number of nitrogens with zero attached hydrogens (tertiary/aromatic N) is 2. The molecule has 0 radical (unpaired) electrons. The molecular formula is C78H98N6O6S. The van der Waals surface area contributed by atoms with Crippen molar-refractivity contribution >= 4 is 80.2 Å². The summed E-state index contributed by atoms with van der Waals surface area (Å²) >= 11 is 5.35. The molecule has 2 amide bonds. The number of aromatic nitrogens is 4. The molecule has 3 aromatic carbocycles. The number of unbranched alkanes of at least 4 members (excludes halogenated alkanes) is 4. The molecule has 0 spiro atoms. The Balaban J connectivity index is 1.33. The number of ether oxygens (including phenoxy) is 4. The van der Waals surface area contributed by atoms with E-state index < -0.39 is 12.2 Å². The second-order valence-corrected chi connectivity index (χ2v) is 27.5. The number of carbonyl (C=O) groups excluding carboxylic acids is 2. The second kappa shape index (κ2) is 28.9. The molecule has 12 rings (SSSR count). The lowest BCUT2D eigenvalue weighted by Gasteiger charge is -2.23. The quantitative estimate of drug-likeness (QED) is 0.0601. The number of amides is 2. The number of aryl methyl sites for hydroxylation is 6. The number of rotatable bonds is 16. The Labute approximate surface area is 546 Å². The van der Waals surface area contributed by atoms with Gasteiger partial charge in [0.05, 0.1) is 69.5 Å². The van der Waals surface area contributed by atoms with Crippen molar-refractivity contribution in [2.45, 2.75) is 227 Å². The summed E-state index contributed by atoms with van der Waals surface area (Å²) in [6.07, 6.45) is 16.0. The van der Waals surface area contributed by atoms with Gasteiger partial charge >= 0.3 is 0 Å². The third-order valence-corrected chi connectivity index (χ3v) is 20.1. The summed E-state index contributed by atoms with van der Waals surface area (Å²) in [6.45, 7) is 26.8. The fourth-order valence-electron chi connectivity index (χ4n) is 14.2. The fourth-order valence-corrected chi connectivity index (χ4v) is 14.5. The van der Waals surface area contributed by atoms with Crippen molar-refractivity contribution in [2.24, 2.45) is 0 Å². The minimum absolute atomic E-state index is 0.116. The third kappa shape index (κ3) is 13.8. The number of hydrogen-bond acceptors (Lipinski definition) is 9. The highest BCUT2D eigenvalue weighted by atomic mass is 32.1. The van der Waals surface area contributed by atoms with Gasteiger partial charge in [0.1, 0.15) is 23.7 Å².